The number of nitrogens with zero attached hydrogens (tertiary/aromatic N) is 2. The van der Waals surface area contributed by atoms with E-state index in [1.165, 1.54) is 40.7 Å². The van der Waals surface area contributed by atoms with Crippen LogP contribution < -0.4 is 5.32 Å². The lowest BCUT2D eigenvalue weighted by Gasteiger charge is -2.31. The zero-order valence-corrected chi connectivity index (χ0v) is 15.6. The molecule has 0 saturated carbocycles. The summed E-state index contributed by atoms with van der Waals surface area (Å²) in [5.41, 5.74) is 0.125. The van der Waals surface area contributed by atoms with Crippen molar-refractivity contribution >= 4 is 27.3 Å². The van der Waals surface area contributed by atoms with Crippen LogP contribution in [0.5, 0.6) is 0 Å². The Morgan fingerprint density at radius 1 is 1.21 bits per heavy atom. The molecular weight excluding hydrogens is 389 g/mol. The molecule has 1 atom stereocenters. The lowest BCUT2D eigenvalue weighted by Crippen LogP contribution is -2.43. The molecule has 1 aliphatic heterocycles. The van der Waals surface area contributed by atoms with Crippen LogP contribution in [0.3, 0.4) is 0 Å². The molecule has 0 spiro atoms. The summed E-state index contributed by atoms with van der Waals surface area (Å²) in [5, 5.41) is 13.5. The molecule has 3 rings (SSSR count). The molecule has 1 aliphatic rings. The first-order valence-corrected chi connectivity index (χ1v) is 10.0. The van der Waals surface area contributed by atoms with E-state index in [0.29, 0.717) is 12.8 Å². The molecule has 1 saturated heterocycles. The van der Waals surface area contributed by atoms with Crippen LogP contribution in [0.2, 0.25) is 0 Å². The van der Waals surface area contributed by atoms with Gasteiger partial charge in [-0.15, -0.1) is 0 Å². The maximum atomic E-state index is 13.1. The molecule has 0 aliphatic carbocycles. The number of nitro benzene ring substituents is 1. The third-order valence-electron chi connectivity index (χ3n) is 4.53. The van der Waals surface area contributed by atoms with Gasteiger partial charge < -0.3 is 5.32 Å². The van der Waals surface area contributed by atoms with Gasteiger partial charge in [0.25, 0.3) is 5.69 Å². The molecule has 0 aromatic heterocycles. The third-order valence-corrected chi connectivity index (χ3v) is 6.41. The fourth-order valence-electron chi connectivity index (χ4n) is 3.07. The fraction of sp³-hybridized carbons (Fsp3) is 0.278. The van der Waals surface area contributed by atoms with Gasteiger partial charge in [0, 0.05) is 30.9 Å². The van der Waals surface area contributed by atoms with Crippen molar-refractivity contribution in [3.8, 4) is 0 Å². The maximum absolute atomic E-state index is 13.1. The number of sulfonamides is 1. The number of nitro groups is 1. The Bertz CT molecular complexity index is 995. The highest BCUT2D eigenvalue weighted by Gasteiger charge is 2.33. The van der Waals surface area contributed by atoms with Gasteiger partial charge >= 0.3 is 0 Å². The van der Waals surface area contributed by atoms with Gasteiger partial charge in [-0.05, 0) is 43.2 Å². The minimum absolute atomic E-state index is 0.0134. The second kappa shape index (κ2) is 8.03. The summed E-state index contributed by atoms with van der Waals surface area (Å²) in [7, 11) is -3.84. The van der Waals surface area contributed by atoms with Crippen molar-refractivity contribution in [2.75, 3.05) is 18.4 Å². The van der Waals surface area contributed by atoms with Crippen molar-refractivity contribution in [1.29, 1.82) is 0 Å². The number of carbonyl (C=O) groups is 1. The summed E-state index contributed by atoms with van der Waals surface area (Å²) in [6.07, 6.45) is 0.990. The van der Waals surface area contributed by atoms with E-state index in [1.54, 1.807) is 0 Å². The number of amides is 1. The number of rotatable bonds is 5. The van der Waals surface area contributed by atoms with Crippen molar-refractivity contribution in [3.63, 3.8) is 0 Å². The van der Waals surface area contributed by atoms with Crippen LogP contribution in [0.25, 0.3) is 0 Å². The number of nitrogens with one attached hydrogen (secondary N) is 1. The smallest absolute Gasteiger partial charge is 0.271 e. The van der Waals surface area contributed by atoms with Crippen molar-refractivity contribution in [2.24, 2.45) is 5.92 Å². The van der Waals surface area contributed by atoms with E-state index in [0.717, 1.165) is 12.1 Å². The summed E-state index contributed by atoms with van der Waals surface area (Å²) >= 11 is 0. The quantitative estimate of drug-likeness (QED) is 0.605. The molecule has 28 heavy (non-hydrogen) atoms. The molecule has 1 N–H and O–H groups in total. The summed E-state index contributed by atoms with van der Waals surface area (Å²) in [4.78, 5) is 22.8. The van der Waals surface area contributed by atoms with Crippen LogP contribution in [0.4, 0.5) is 15.8 Å². The highest BCUT2D eigenvalue weighted by Crippen LogP contribution is 2.25. The molecule has 0 unspecified atom stereocenters. The van der Waals surface area contributed by atoms with Gasteiger partial charge in [-0.2, -0.15) is 4.31 Å². The van der Waals surface area contributed by atoms with E-state index in [4.69, 9.17) is 0 Å². The van der Waals surface area contributed by atoms with Crippen molar-refractivity contribution in [2.45, 2.75) is 17.7 Å². The summed E-state index contributed by atoms with van der Waals surface area (Å²) < 4.78 is 39.8. The van der Waals surface area contributed by atoms with Gasteiger partial charge in [0.2, 0.25) is 15.9 Å². The Morgan fingerprint density at radius 2 is 1.93 bits per heavy atom. The second-order valence-corrected chi connectivity index (χ2v) is 8.39. The predicted octanol–water partition coefficient (Wildman–Crippen LogP) is 2.77. The number of hydrogen-bond donors (Lipinski definition) is 1. The minimum atomic E-state index is -3.84. The normalized spacial score (nSPS) is 17.8. The van der Waals surface area contributed by atoms with Gasteiger partial charge in [0.15, 0.2) is 0 Å². The zero-order valence-electron chi connectivity index (χ0n) is 14.7. The van der Waals surface area contributed by atoms with Crippen LogP contribution in [-0.2, 0) is 14.8 Å². The fourth-order valence-corrected chi connectivity index (χ4v) is 4.60. The van der Waals surface area contributed by atoms with E-state index in [-0.39, 0.29) is 29.4 Å². The van der Waals surface area contributed by atoms with Crippen molar-refractivity contribution in [1.82, 2.24) is 4.31 Å². The first-order valence-electron chi connectivity index (χ1n) is 8.58. The lowest BCUT2D eigenvalue weighted by atomic mass is 9.98. The monoisotopic (exact) mass is 407 g/mol. The third kappa shape index (κ3) is 4.34. The molecular formula is C18H18FN3O5S. The largest absolute Gasteiger partial charge is 0.326 e. The van der Waals surface area contributed by atoms with E-state index < -0.39 is 32.6 Å². The summed E-state index contributed by atoms with van der Waals surface area (Å²) in [6, 6.07) is 10.1. The van der Waals surface area contributed by atoms with E-state index in [1.807, 2.05) is 0 Å². The van der Waals surface area contributed by atoms with Gasteiger partial charge in [0.1, 0.15) is 5.82 Å². The predicted molar refractivity (Wildman–Crippen MR) is 99.6 cm³/mol. The topological polar surface area (TPSA) is 110 Å². The van der Waals surface area contributed by atoms with Crippen LogP contribution >= 0.6 is 0 Å². The Balaban J connectivity index is 1.72. The number of halogens is 1. The molecule has 2 aromatic carbocycles. The SMILES string of the molecule is O=C(Nc1cccc([N+](=O)[O-])c1)[C@@H]1CCCN(S(=O)(=O)c2ccc(F)cc2)C1. The number of non-ortho nitro benzene ring substituents is 1. The van der Waals surface area contributed by atoms with E-state index >= 15 is 0 Å². The number of piperidine rings is 1. The molecule has 2 aromatic rings. The molecule has 1 amide bonds. The average molecular weight is 407 g/mol. The minimum Gasteiger partial charge on any atom is -0.326 e. The van der Waals surface area contributed by atoms with E-state index in [2.05, 4.69) is 5.32 Å². The zero-order chi connectivity index (χ0) is 20.3. The molecule has 148 valence electrons. The molecule has 10 heteroatoms. The molecule has 8 nitrogen and oxygen atoms in total. The maximum Gasteiger partial charge on any atom is 0.271 e. The van der Waals surface area contributed by atoms with Crippen LogP contribution in [0.1, 0.15) is 12.8 Å². The van der Waals surface area contributed by atoms with Gasteiger partial charge in [-0.25, -0.2) is 12.8 Å². The standard InChI is InChI=1S/C18H18FN3O5S/c19-14-6-8-17(9-7-14)28(26,27)21-10-2-3-13(12-21)18(23)20-15-4-1-5-16(11-15)22(24)25/h1,4-9,11,13H,2-3,10,12H2,(H,20,23)/t13-/m1/s1. The number of anilines is 1. The van der Waals surface area contributed by atoms with Gasteiger partial charge in [-0.3, -0.25) is 14.9 Å². The van der Waals surface area contributed by atoms with Crippen LogP contribution in [-0.4, -0.2) is 36.6 Å². The van der Waals surface area contributed by atoms with Crippen molar-refractivity contribution < 1.29 is 22.5 Å². The Morgan fingerprint density at radius 3 is 2.61 bits per heavy atom. The Kier molecular flexibility index (Phi) is 5.71. The molecule has 1 heterocycles. The summed E-state index contributed by atoms with van der Waals surface area (Å²) in [5.74, 6) is -1.53. The van der Waals surface area contributed by atoms with Crippen LogP contribution in [0, 0.1) is 21.8 Å². The number of carbonyl (C=O) groups excluding carboxylic acids is 1. The second-order valence-electron chi connectivity index (χ2n) is 6.45. The van der Waals surface area contributed by atoms with Gasteiger partial charge in [0.05, 0.1) is 15.7 Å². The average Bonchev–Trinajstić information content (AvgIpc) is 2.68. The van der Waals surface area contributed by atoms with Crippen LogP contribution in [0.15, 0.2) is 53.4 Å². The number of hydrogen-bond acceptors (Lipinski definition) is 5. The number of benzene rings is 2. The molecule has 1 fully saturated rings. The highest BCUT2D eigenvalue weighted by molar-refractivity contribution is 7.89. The lowest BCUT2D eigenvalue weighted by molar-refractivity contribution is -0.384. The van der Waals surface area contributed by atoms with E-state index in [9.17, 15) is 27.7 Å². The Hall–Kier alpha value is -2.85. The first-order chi connectivity index (χ1) is 13.3. The Labute approximate surface area is 161 Å². The first kappa shape index (κ1) is 19.9. The molecule has 0 radical (unpaired) electrons. The van der Waals surface area contributed by atoms with Crippen molar-refractivity contribution in [3.05, 3.63) is 64.5 Å². The highest BCUT2D eigenvalue weighted by atomic mass is 32.2. The van der Waals surface area contributed by atoms with Gasteiger partial charge in [-0.1, -0.05) is 6.07 Å². The molecule has 0 bridgehead atoms. The summed E-state index contributed by atoms with van der Waals surface area (Å²) in [6.45, 7) is 0.251.